The molecule has 2 N–H and O–H groups in total. The number of oxazole rings is 1. The first kappa shape index (κ1) is 24.1. The predicted molar refractivity (Wildman–Crippen MR) is 125 cm³/mol. The Hall–Kier alpha value is -3.04. The van der Waals surface area contributed by atoms with Gasteiger partial charge in [-0.05, 0) is 36.4 Å². The fourth-order valence-corrected chi connectivity index (χ4v) is 4.36. The van der Waals surface area contributed by atoms with Gasteiger partial charge in [0.05, 0.1) is 7.11 Å². The van der Waals surface area contributed by atoms with E-state index in [9.17, 15) is 9.36 Å². The Kier molecular flexibility index (Phi) is 6.86. The van der Waals surface area contributed by atoms with Gasteiger partial charge in [-0.15, -0.1) is 0 Å². The summed E-state index contributed by atoms with van der Waals surface area (Å²) in [6.45, 7) is 3.89. The molecule has 12 heteroatoms. The molecule has 2 heterocycles. The Morgan fingerprint density at radius 3 is 2.50 bits per heavy atom. The van der Waals surface area contributed by atoms with Gasteiger partial charge in [0, 0.05) is 49.4 Å². The summed E-state index contributed by atoms with van der Waals surface area (Å²) in [7, 11) is -3.43. The molecule has 0 unspecified atom stereocenters. The number of ether oxygens (including phenoxy) is 1. The molecule has 3 aromatic rings. The third kappa shape index (κ3) is 5.37. The summed E-state index contributed by atoms with van der Waals surface area (Å²) >= 11 is 6.10. The van der Waals surface area contributed by atoms with Gasteiger partial charge in [0.15, 0.2) is 17.4 Å². The summed E-state index contributed by atoms with van der Waals surface area (Å²) in [6, 6.07) is 11.9. The van der Waals surface area contributed by atoms with Crippen LogP contribution in [0.25, 0.3) is 11.3 Å². The van der Waals surface area contributed by atoms with Gasteiger partial charge in [0.1, 0.15) is 5.69 Å². The molecule has 2 aromatic carbocycles. The lowest BCUT2D eigenvalue weighted by Gasteiger charge is -2.35. The number of benzene rings is 2. The molecule has 0 spiro atoms. The maximum atomic E-state index is 13.3. The fourth-order valence-electron chi connectivity index (χ4n) is 3.77. The van der Waals surface area contributed by atoms with Crippen LogP contribution >= 0.6 is 19.4 Å². The quantitative estimate of drug-likeness (QED) is 0.480. The average Bonchev–Trinajstić information content (AvgIpc) is 3.19. The second-order valence-corrected chi connectivity index (χ2v) is 9.22. The van der Waals surface area contributed by atoms with Crippen LogP contribution < -0.4 is 14.2 Å². The summed E-state index contributed by atoms with van der Waals surface area (Å²) in [6.07, 6.45) is 0. The normalized spacial score (nSPS) is 14.3. The molecule has 1 aliphatic heterocycles. The zero-order valence-corrected chi connectivity index (χ0v) is 20.1. The number of carbonyl (C=O) groups is 1. The van der Waals surface area contributed by atoms with Gasteiger partial charge >= 0.3 is 7.82 Å². The standard InChI is InChI=1S/C22H23ClN3O7P/c1-14-24-20(15-6-7-18(19(12-15)31-2)33-34(28,29)30)21(32-14)22(27)26-10-8-25(9-11-26)17-5-3-4-16(23)13-17/h3-7,12-13H,8-11H2,1-2H3,(H2,28,29,30). The number of piperazine rings is 1. The maximum absolute atomic E-state index is 13.3. The highest BCUT2D eigenvalue weighted by atomic mass is 35.5. The highest BCUT2D eigenvalue weighted by Gasteiger charge is 2.29. The molecule has 0 aliphatic carbocycles. The zero-order chi connectivity index (χ0) is 24.5. The van der Waals surface area contributed by atoms with E-state index in [-0.39, 0.29) is 23.2 Å². The summed E-state index contributed by atoms with van der Waals surface area (Å²) in [5, 5.41) is 0.658. The van der Waals surface area contributed by atoms with Crippen molar-refractivity contribution in [3.63, 3.8) is 0 Å². The van der Waals surface area contributed by atoms with Crippen molar-refractivity contribution < 1.29 is 32.8 Å². The fraction of sp³-hybridized carbons (Fsp3) is 0.273. The first-order chi connectivity index (χ1) is 16.1. The van der Waals surface area contributed by atoms with Crippen molar-refractivity contribution in [3.8, 4) is 22.8 Å². The van der Waals surface area contributed by atoms with Crippen LogP contribution in [0, 0.1) is 6.92 Å². The number of methoxy groups -OCH3 is 1. The van der Waals surface area contributed by atoms with E-state index in [1.807, 2.05) is 24.3 Å². The third-order valence-corrected chi connectivity index (χ3v) is 5.99. The third-order valence-electron chi connectivity index (χ3n) is 5.32. The topological polar surface area (TPSA) is 126 Å². The van der Waals surface area contributed by atoms with Crippen molar-refractivity contribution in [2.24, 2.45) is 0 Å². The van der Waals surface area contributed by atoms with Crippen molar-refractivity contribution >= 4 is 31.0 Å². The minimum absolute atomic E-state index is 0.0787. The number of phosphoric acid groups is 1. The number of hydrogen-bond donors (Lipinski definition) is 2. The Morgan fingerprint density at radius 2 is 1.85 bits per heavy atom. The number of nitrogens with zero attached hydrogens (tertiary/aromatic N) is 3. The van der Waals surface area contributed by atoms with Crippen molar-refractivity contribution in [2.45, 2.75) is 6.92 Å². The molecule has 180 valence electrons. The minimum atomic E-state index is -4.77. The van der Waals surface area contributed by atoms with Crippen molar-refractivity contribution in [2.75, 3.05) is 38.2 Å². The van der Waals surface area contributed by atoms with Crippen LogP contribution in [-0.2, 0) is 4.57 Å². The predicted octanol–water partition coefficient (Wildman–Crippen LogP) is 3.75. The molecule has 1 aliphatic rings. The van der Waals surface area contributed by atoms with Crippen molar-refractivity contribution in [1.29, 1.82) is 0 Å². The summed E-state index contributed by atoms with van der Waals surface area (Å²) in [4.78, 5) is 39.7. The number of hydrogen-bond acceptors (Lipinski definition) is 7. The van der Waals surface area contributed by atoms with Crippen LogP contribution in [0.1, 0.15) is 16.4 Å². The lowest BCUT2D eigenvalue weighted by atomic mass is 10.1. The van der Waals surface area contributed by atoms with E-state index < -0.39 is 7.82 Å². The largest absolute Gasteiger partial charge is 0.524 e. The molecule has 0 saturated carbocycles. The first-order valence-corrected chi connectivity index (χ1v) is 12.3. The highest BCUT2D eigenvalue weighted by Crippen LogP contribution is 2.43. The summed E-state index contributed by atoms with van der Waals surface area (Å²) in [5.41, 5.74) is 1.79. The molecular weight excluding hydrogens is 485 g/mol. The molecule has 4 rings (SSSR count). The van der Waals surface area contributed by atoms with Gasteiger partial charge < -0.3 is 23.5 Å². The number of phosphoric ester groups is 1. The number of anilines is 1. The van der Waals surface area contributed by atoms with Gasteiger partial charge in [0.25, 0.3) is 5.91 Å². The molecule has 1 amide bonds. The Morgan fingerprint density at radius 1 is 1.12 bits per heavy atom. The van der Waals surface area contributed by atoms with Crippen LogP contribution in [0.15, 0.2) is 46.9 Å². The summed E-state index contributed by atoms with van der Waals surface area (Å²) in [5.74, 6) is 0.0421. The van der Waals surface area contributed by atoms with Crippen LogP contribution in [0.3, 0.4) is 0 Å². The average molecular weight is 508 g/mol. The lowest BCUT2D eigenvalue weighted by Crippen LogP contribution is -2.48. The van der Waals surface area contributed by atoms with Crippen LogP contribution in [0.5, 0.6) is 11.5 Å². The van der Waals surface area contributed by atoms with Gasteiger partial charge in [-0.3, -0.25) is 14.6 Å². The van der Waals surface area contributed by atoms with E-state index in [0.29, 0.717) is 48.3 Å². The van der Waals surface area contributed by atoms with E-state index in [4.69, 9.17) is 30.5 Å². The van der Waals surface area contributed by atoms with E-state index in [2.05, 4.69) is 14.4 Å². The molecule has 10 nitrogen and oxygen atoms in total. The van der Waals surface area contributed by atoms with Crippen LogP contribution in [0.4, 0.5) is 5.69 Å². The Bertz CT molecular complexity index is 1250. The van der Waals surface area contributed by atoms with E-state index in [0.717, 1.165) is 5.69 Å². The number of halogens is 1. The monoisotopic (exact) mass is 507 g/mol. The number of amides is 1. The Balaban J connectivity index is 1.55. The first-order valence-electron chi connectivity index (χ1n) is 10.4. The van der Waals surface area contributed by atoms with Crippen LogP contribution in [-0.4, -0.2) is 58.9 Å². The second kappa shape index (κ2) is 9.68. The maximum Gasteiger partial charge on any atom is 0.524 e. The molecule has 0 radical (unpaired) electrons. The van der Waals surface area contributed by atoms with Gasteiger partial charge in [0.2, 0.25) is 5.76 Å². The van der Waals surface area contributed by atoms with Gasteiger partial charge in [-0.2, -0.15) is 0 Å². The van der Waals surface area contributed by atoms with Crippen LogP contribution in [0.2, 0.25) is 5.02 Å². The molecule has 1 fully saturated rings. The molecule has 1 saturated heterocycles. The molecular formula is C22H23ClN3O7P. The highest BCUT2D eigenvalue weighted by molar-refractivity contribution is 7.46. The zero-order valence-electron chi connectivity index (χ0n) is 18.5. The SMILES string of the molecule is COc1cc(-c2nc(C)oc2C(=O)N2CCN(c3cccc(Cl)c3)CC2)ccc1OP(=O)(O)O. The second-order valence-electron chi connectivity index (χ2n) is 7.62. The van der Waals surface area contributed by atoms with Crippen molar-refractivity contribution in [1.82, 2.24) is 9.88 Å². The number of carbonyl (C=O) groups excluding carboxylic acids is 1. The van der Waals surface area contributed by atoms with Gasteiger partial charge in [-0.25, -0.2) is 9.55 Å². The molecule has 1 aromatic heterocycles. The van der Waals surface area contributed by atoms with Crippen molar-refractivity contribution in [3.05, 3.63) is 59.1 Å². The number of rotatable bonds is 6. The smallest absolute Gasteiger partial charge is 0.493 e. The number of aromatic nitrogens is 1. The number of aryl methyl sites for hydroxylation is 1. The van der Waals surface area contributed by atoms with E-state index in [1.165, 1.54) is 25.3 Å². The Labute approximate surface area is 200 Å². The molecule has 0 atom stereocenters. The van der Waals surface area contributed by atoms with Gasteiger partial charge in [-0.1, -0.05) is 17.7 Å². The van der Waals surface area contributed by atoms with E-state index in [1.54, 1.807) is 11.8 Å². The molecule has 34 heavy (non-hydrogen) atoms. The molecule has 0 bridgehead atoms. The van der Waals surface area contributed by atoms with E-state index >= 15 is 0 Å². The minimum Gasteiger partial charge on any atom is -0.493 e. The summed E-state index contributed by atoms with van der Waals surface area (Å²) < 4.78 is 26.7. The lowest BCUT2D eigenvalue weighted by molar-refractivity contribution is 0.0714.